The topological polar surface area (TPSA) is 52.9 Å². The Morgan fingerprint density at radius 3 is 2.42 bits per heavy atom. The first-order chi connectivity index (χ1) is 17.3. The molecule has 0 saturated heterocycles. The summed E-state index contributed by atoms with van der Waals surface area (Å²) in [5, 5.41) is 19.8. The first-order valence-corrected chi connectivity index (χ1v) is 13.2. The second-order valence-corrected chi connectivity index (χ2v) is 11.0. The van der Waals surface area contributed by atoms with Gasteiger partial charge in [-0.25, -0.2) is 0 Å². The maximum absolute atomic E-state index is 9.96. The monoisotopic (exact) mass is 487 g/mol. The van der Waals surface area contributed by atoms with E-state index in [9.17, 15) is 10.2 Å². The zero-order chi connectivity index (χ0) is 25.7. The molecule has 1 aliphatic carbocycles. The second-order valence-electron chi connectivity index (χ2n) is 11.0. The highest BCUT2D eigenvalue weighted by Gasteiger charge is 2.25. The van der Waals surface area contributed by atoms with Gasteiger partial charge in [-0.2, -0.15) is 0 Å². The lowest BCUT2D eigenvalue weighted by atomic mass is 9.79. The number of ether oxygens (including phenoxy) is 1. The van der Waals surface area contributed by atoms with Crippen molar-refractivity contribution in [1.82, 2.24) is 0 Å². The maximum atomic E-state index is 9.96. The number of benzene rings is 3. The summed E-state index contributed by atoms with van der Waals surface area (Å²) in [5.41, 5.74) is 7.89. The van der Waals surface area contributed by atoms with E-state index in [1.807, 2.05) is 12.1 Å². The molecule has 0 unspecified atom stereocenters. The standard InChI is InChI=1S/C32H41NO3/c1-5-32(2,3)21-23-6-8-24(9-7-23)22-33(16-17-34)31-20-29(36-4)14-15-30(31)27-11-10-26-19-28(35)13-12-25(26)18-27/h6-9,12-15,19-20,27,34-35H,5,10-11,16-18,21-22H2,1-4H3/t27-/m1/s1. The lowest BCUT2D eigenvalue weighted by Gasteiger charge is -2.32. The van der Waals surface area contributed by atoms with Crippen LogP contribution in [0.25, 0.3) is 0 Å². The van der Waals surface area contributed by atoms with Crippen LogP contribution in [-0.2, 0) is 25.8 Å². The Balaban J connectivity index is 1.61. The fraction of sp³-hybridized carbons (Fsp3) is 0.438. The number of hydrogen-bond acceptors (Lipinski definition) is 4. The molecule has 1 aliphatic rings. The van der Waals surface area contributed by atoms with E-state index in [1.165, 1.54) is 27.8 Å². The zero-order valence-corrected chi connectivity index (χ0v) is 22.3. The molecule has 0 bridgehead atoms. The Morgan fingerprint density at radius 2 is 1.72 bits per heavy atom. The molecule has 0 aromatic heterocycles. The van der Waals surface area contributed by atoms with Crippen LogP contribution in [0.4, 0.5) is 5.69 Å². The van der Waals surface area contributed by atoms with Gasteiger partial charge in [0.15, 0.2) is 0 Å². The van der Waals surface area contributed by atoms with Gasteiger partial charge < -0.3 is 19.8 Å². The number of aryl methyl sites for hydroxylation is 1. The number of methoxy groups -OCH3 is 1. The SMILES string of the molecule is CCC(C)(C)Cc1ccc(CN(CCO)c2cc(OC)ccc2[C@@H]2CCc3cc(O)ccc3C2)cc1. The number of phenols is 1. The van der Waals surface area contributed by atoms with Crippen LogP contribution in [-0.4, -0.2) is 30.5 Å². The Morgan fingerprint density at radius 1 is 0.972 bits per heavy atom. The van der Waals surface area contributed by atoms with Crippen molar-refractivity contribution < 1.29 is 14.9 Å². The average molecular weight is 488 g/mol. The lowest BCUT2D eigenvalue weighted by Crippen LogP contribution is -2.28. The van der Waals surface area contributed by atoms with E-state index in [1.54, 1.807) is 13.2 Å². The van der Waals surface area contributed by atoms with Gasteiger partial charge in [-0.05, 0) is 83.0 Å². The number of hydrogen-bond donors (Lipinski definition) is 2. The summed E-state index contributed by atoms with van der Waals surface area (Å²) in [6, 6.07) is 21.1. The summed E-state index contributed by atoms with van der Waals surface area (Å²) < 4.78 is 5.60. The largest absolute Gasteiger partial charge is 0.508 e. The van der Waals surface area contributed by atoms with Crippen LogP contribution in [0.15, 0.2) is 60.7 Å². The number of aliphatic hydroxyl groups is 1. The fourth-order valence-corrected chi connectivity index (χ4v) is 5.34. The van der Waals surface area contributed by atoms with Crippen LogP contribution in [0.5, 0.6) is 11.5 Å². The molecule has 0 amide bonds. The van der Waals surface area contributed by atoms with Gasteiger partial charge in [0.05, 0.1) is 13.7 Å². The van der Waals surface area contributed by atoms with E-state index in [-0.39, 0.29) is 6.61 Å². The first-order valence-electron chi connectivity index (χ1n) is 13.2. The molecule has 4 rings (SSSR count). The summed E-state index contributed by atoms with van der Waals surface area (Å²) in [5.74, 6) is 1.55. The highest BCUT2D eigenvalue weighted by Crippen LogP contribution is 2.40. The van der Waals surface area contributed by atoms with Gasteiger partial charge in [0.2, 0.25) is 0 Å². The quantitative estimate of drug-likeness (QED) is 0.336. The van der Waals surface area contributed by atoms with Gasteiger partial charge in [0, 0.05) is 24.8 Å². The van der Waals surface area contributed by atoms with Crippen molar-refractivity contribution in [3.05, 3.63) is 88.5 Å². The summed E-state index contributed by atoms with van der Waals surface area (Å²) in [6.07, 6.45) is 5.17. The average Bonchev–Trinajstić information content (AvgIpc) is 2.88. The molecule has 192 valence electrons. The number of rotatable bonds is 10. The number of fused-ring (bicyclic) bond motifs is 1. The molecular formula is C32H41NO3. The predicted molar refractivity (Wildman–Crippen MR) is 148 cm³/mol. The van der Waals surface area contributed by atoms with Crippen LogP contribution in [0, 0.1) is 5.41 Å². The Bertz CT molecular complexity index is 1150. The van der Waals surface area contributed by atoms with E-state index in [0.29, 0.717) is 23.6 Å². The van der Waals surface area contributed by atoms with Gasteiger partial charge in [0.1, 0.15) is 11.5 Å². The van der Waals surface area contributed by atoms with Gasteiger partial charge in [-0.15, -0.1) is 0 Å². The van der Waals surface area contributed by atoms with Crippen molar-refractivity contribution >= 4 is 5.69 Å². The van der Waals surface area contributed by atoms with Gasteiger partial charge in [0.25, 0.3) is 0 Å². The normalized spacial score (nSPS) is 15.4. The van der Waals surface area contributed by atoms with Gasteiger partial charge in [-0.3, -0.25) is 0 Å². The minimum absolute atomic E-state index is 0.0895. The molecule has 0 spiro atoms. The van der Waals surface area contributed by atoms with Gasteiger partial charge >= 0.3 is 0 Å². The van der Waals surface area contributed by atoms with Crippen molar-refractivity contribution in [3.63, 3.8) is 0 Å². The molecule has 3 aromatic rings. The van der Waals surface area contributed by atoms with Crippen LogP contribution in [0.2, 0.25) is 0 Å². The maximum Gasteiger partial charge on any atom is 0.120 e. The highest BCUT2D eigenvalue weighted by atomic mass is 16.5. The van der Waals surface area contributed by atoms with Crippen molar-refractivity contribution in [2.24, 2.45) is 5.41 Å². The van der Waals surface area contributed by atoms with Crippen molar-refractivity contribution in [1.29, 1.82) is 0 Å². The van der Waals surface area contributed by atoms with Crippen molar-refractivity contribution in [3.8, 4) is 11.5 Å². The molecule has 0 aliphatic heterocycles. The Hall–Kier alpha value is -2.98. The third-order valence-electron chi connectivity index (χ3n) is 7.84. The number of anilines is 1. The summed E-state index contributed by atoms with van der Waals surface area (Å²) >= 11 is 0. The molecule has 0 radical (unpaired) electrons. The van der Waals surface area contributed by atoms with Gasteiger partial charge in [-0.1, -0.05) is 63.6 Å². The minimum Gasteiger partial charge on any atom is -0.508 e. The van der Waals surface area contributed by atoms with E-state index in [2.05, 4.69) is 68.1 Å². The predicted octanol–water partition coefficient (Wildman–Crippen LogP) is 6.65. The van der Waals surface area contributed by atoms with E-state index in [4.69, 9.17) is 4.74 Å². The lowest BCUT2D eigenvalue weighted by molar-refractivity contribution is 0.301. The molecule has 4 heteroatoms. The Labute approximate surface area is 216 Å². The van der Waals surface area contributed by atoms with Crippen LogP contribution in [0.1, 0.15) is 67.3 Å². The minimum atomic E-state index is 0.0895. The summed E-state index contributed by atoms with van der Waals surface area (Å²) in [7, 11) is 1.70. The third kappa shape index (κ3) is 6.22. The number of phenolic OH excluding ortho intramolecular Hbond substituents is 1. The number of aromatic hydroxyl groups is 1. The van der Waals surface area contributed by atoms with Crippen LogP contribution in [0.3, 0.4) is 0 Å². The fourth-order valence-electron chi connectivity index (χ4n) is 5.34. The van der Waals surface area contributed by atoms with E-state index >= 15 is 0 Å². The molecule has 1 atom stereocenters. The second kappa shape index (κ2) is 11.4. The van der Waals surface area contributed by atoms with E-state index < -0.39 is 0 Å². The molecule has 2 N–H and O–H groups in total. The molecular weight excluding hydrogens is 446 g/mol. The van der Waals surface area contributed by atoms with E-state index in [0.717, 1.165) is 50.1 Å². The molecule has 0 saturated carbocycles. The number of aliphatic hydroxyl groups excluding tert-OH is 1. The van der Waals surface area contributed by atoms with Crippen molar-refractivity contribution in [2.45, 2.75) is 65.3 Å². The smallest absolute Gasteiger partial charge is 0.120 e. The van der Waals surface area contributed by atoms with Crippen LogP contribution < -0.4 is 9.64 Å². The first kappa shape index (κ1) is 26.1. The molecule has 36 heavy (non-hydrogen) atoms. The number of nitrogens with zero attached hydrogens (tertiary/aromatic N) is 1. The molecule has 0 heterocycles. The van der Waals surface area contributed by atoms with Crippen molar-refractivity contribution in [2.75, 3.05) is 25.2 Å². The van der Waals surface area contributed by atoms with Crippen LogP contribution >= 0.6 is 0 Å². The molecule has 4 nitrogen and oxygen atoms in total. The highest BCUT2D eigenvalue weighted by molar-refractivity contribution is 5.60. The third-order valence-corrected chi connectivity index (χ3v) is 7.84. The Kier molecular flexibility index (Phi) is 8.25. The summed E-state index contributed by atoms with van der Waals surface area (Å²) in [6.45, 7) is 8.27. The molecule has 3 aromatic carbocycles. The molecule has 0 fully saturated rings. The zero-order valence-electron chi connectivity index (χ0n) is 22.3. The summed E-state index contributed by atoms with van der Waals surface area (Å²) in [4.78, 5) is 2.29.